The van der Waals surface area contributed by atoms with Crippen LogP contribution in [0.4, 0.5) is 0 Å². The summed E-state index contributed by atoms with van der Waals surface area (Å²) in [5.41, 5.74) is 2.32. The first-order chi connectivity index (χ1) is 11.1. The quantitative estimate of drug-likeness (QED) is 0.674. The third-order valence-corrected chi connectivity index (χ3v) is 4.25. The number of para-hydroxylation sites is 1. The molecule has 1 heterocycles. The Morgan fingerprint density at radius 1 is 1.17 bits per heavy atom. The molecule has 0 bridgehead atoms. The van der Waals surface area contributed by atoms with Gasteiger partial charge >= 0.3 is 0 Å². The van der Waals surface area contributed by atoms with Crippen molar-refractivity contribution in [3.05, 3.63) is 73.4 Å². The van der Waals surface area contributed by atoms with Gasteiger partial charge in [-0.15, -0.1) is 0 Å². The number of pyridine rings is 1. The Hall–Kier alpha value is -2.04. The number of benzene rings is 2. The average molecular weight is 391 g/mol. The summed E-state index contributed by atoms with van der Waals surface area (Å²) in [7, 11) is 1.60. The molecule has 0 atom stereocenters. The number of aromatic nitrogens is 1. The van der Waals surface area contributed by atoms with Gasteiger partial charge in [-0.2, -0.15) is 0 Å². The second-order valence-corrected chi connectivity index (χ2v) is 6.27. The van der Waals surface area contributed by atoms with Crippen LogP contribution in [-0.2, 0) is 0 Å². The molecular weight excluding hydrogens is 378 g/mol. The molecule has 23 heavy (non-hydrogen) atoms. The van der Waals surface area contributed by atoms with Crippen LogP contribution in [0.15, 0.2) is 51.7 Å². The molecule has 116 valence electrons. The van der Waals surface area contributed by atoms with Crippen molar-refractivity contribution in [1.82, 2.24) is 4.98 Å². The van der Waals surface area contributed by atoms with Crippen LogP contribution in [-0.4, -0.2) is 12.1 Å². The van der Waals surface area contributed by atoms with E-state index in [1.165, 1.54) is 0 Å². The zero-order chi connectivity index (χ0) is 16.4. The van der Waals surface area contributed by atoms with Crippen LogP contribution in [0.5, 0.6) is 5.75 Å². The Morgan fingerprint density at radius 3 is 2.74 bits per heavy atom. The fourth-order valence-electron chi connectivity index (χ4n) is 2.41. The molecule has 0 saturated carbocycles. The molecular formula is C18H13BrClNO2. The van der Waals surface area contributed by atoms with Crippen LogP contribution < -0.4 is 10.2 Å². The fraction of sp³-hybridized carbons (Fsp3) is 0.0556. The second-order valence-electron chi connectivity index (χ2n) is 4.98. The maximum atomic E-state index is 12.1. The SMILES string of the molecule is COc1c(Br)cc(Cl)cc1/C=C/c1cc(=O)c2ccccc2[nH]1. The number of halogens is 2. The molecule has 1 N–H and O–H groups in total. The van der Waals surface area contributed by atoms with Gasteiger partial charge in [0.15, 0.2) is 5.43 Å². The van der Waals surface area contributed by atoms with E-state index >= 15 is 0 Å². The van der Waals surface area contributed by atoms with Crippen molar-refractivity contribution >= 4 is 50.6 Å². The monoisotopic (exact) mass is 389 g/mol. The molecule has 0 unspecified atom stereocenters. The first-order valence-corrected chi connectivity index (χ1v) is 8.09. The number of nitrogens with one attached hydrogen (secondary N) is 1. The topological polar surface area (TPSA) is 42.1 Å². The lowest BCUT2D eigenvalue weighted by Gasteiger charge is -2.08. The molecule has 0 radical (unpaired) electrons. The van der Waals surface area contributed by atoms with E-state index in [2.05, 4.69) is 20.9 Å². The van der Waals surface area contributed by atoms with Gasteiger partial charge in [0.05, 0.1) is 11.6 Å². The molecule has 0 aliphatic heterocycles. The number of H-pyrrole nitrogens is 1. The van der Waals surface area contributed by atoms with E-state index in [1.807, 2.05) is 30.4 Å². The number of methoxy groups -OCH3 is 1. The largest absolute Gasteiger partial charge is 0.495 e. The Labute approximate surface area is 146 Å². The number of hydrogen-bond acceptors (Lipinski definition) is 2. The van der Waals surface area contributed by atoms with Crippen molar-refractivity contribution in [3.63, 3.8) is 0 Å². The minimum Gasteiger partial charge on any atom is -0.495 e. The maximum Gasteiger partial charge on any atom is 0.189 e. The van der Waals surface area contributed by atoms with Crippen molar-refractivity contribution < 1.29 is 4.74 Å². The summed E-state index contributed by atoms with van der Waals surface area (Å²) in [5.74, 6) is 0.689. The molecule has 2 aromatic carbocycles. The van der Waals surface area contributed by atoms with Gasteiger partial charge in [-0.05, 0) is 52.3 Å². The molecule has 0 fully saturated rings. The van der Waals surface area contributed by atoms with Gasteiger partial charge in [0.1, 0.15) is 5.75 Å². The van der Waals surface area contributed by atoms with E-state index in [1.54, 1.807) is 31.4 Å². The normalized spacial score (nSPS) is 11.3. The van der Waals surface area contributed by atoms with Crippen LogP contribution >= 0.6 is 27.5 Å². The molecule has 0 aliphatic rings. The lowest BCUT2D eigenvalue weighted by Crippen LogP contribution is -2.02. The van der Waals surface area contributed by atoms with Crippen LogP contribution in [0, 0.1) is 0 Å². The van der Waals surface area contributed by atoms with Crippen molar-refractivity contribution in [3.8, 4) is 5.75 Å². The van der Waals surface area contributed by atoms with Crippen molar-refractivity contribution in [2.24, 2.45) is 0 Å². The highest BCUT2D eigenvalue weighted by molar-refractivity contribution is 9.10. The van der Waals surface area contributed by atoms with E-state index < -0.39 is 0 Å². The van der Waals surface area contributed by atoms with Gasteiger partial charge in [-0.25, -0.2) is 0 Å². The Morgan fingerprint density at radius 2 is 1.96 bits per heavy atom. The van der Waals surface area contributed by atoms with E-state index in [9.17, 15) is 4.79 Å². The van der Waals surface area contributed by atoms with Crippen LogP contribution in [0.3, 0.4) is 0 Å². The van der Waals surface area contributed by atoms with E-state index in [4.69, 9.17) is 16.3 Å². The number of ether oxygens (including phenoxy) is 1. The van der Waals surface area contributed by atoms with Crippen molar-refractivity contribution in [1.29, 1.82) is 0 Å². The van der Waals surface area contributed by atoms with Crippen molar-refractivity contribution in [2.45, 2.75) is 0 Å². The van der Waals surface area contributed by atoms with E-state index in [0.29, 0.717) is 21.9 Å². The number of hydrogen-bond donors (Lipinski definition) is 1. The van der Waals surface area contributed by atoms with Gasteiger partial charge in [-0.3, -0.25) is 4.79 Å². The third kappa shape index (κ3) is 3.33. The van der Waals surface area contributed by atoms with Crippen LogP contribution in [0.1, 0.15) is 11.3 Å². The zero-order valence-electron chi connectivity index (χ0n) is 12.3. The smallest absolute Gasteiger partial charge is 0.189 e. The molecule has 3 rings (SSSR count). The Kier molecular flexibility index (Phi) is 4.55. The maximum absolute atomic E-state index is 12.1. The average Bonchev–Trinajstić information content (AvgIpc) is 2.52. The summed E-state index contributed by atoms with van der Waals surface area (Å²) < 4.78 is 6.16. The van der Waals surface area contributed by atoms with Crippen LogP contribution in [0.25, 0.3) is 23.1 Å². The summed E-state index contributed by atoms with van der Waals surface area (Å²) in [4.78, 5) is 15.4. The highest BCUT2D eigenvalue weighted by Crippen LogP contribution is 2.33. The van der Waals surface area contributed by atoms with E-state index in [-0.39, 0.29) is 5.43 Å². The highest BCUT2D eigenvalue weighted by Gasteiger charge is 2.07. The van der Waals surface area contributed by atoms with Crippen molar-refractivity contribution in [2.75, 3.05) is 7.11 Å². The second kappa shape index (κ2) is 6.60. The lowest BCUT2D eigenvalue weighted by atomic mass is 10.1. The summed E-state index contributed by atoms with van der Waals surface area (Å²) in [6, 6.07) is 12.6. The summed E-state index contributed by atoms with van der Waals surface area (Å²) in [6.45, 7) is 0. The predicted octanol–water partition coefficient (Wildman–Crippen LogP) is 5.12. The summed E-state index contributed by atoms with van der Waals surface area (Å²) in [5, 5.41) is 1.28. The standard InChI is InChI=1S/C18H13BrClNO2/c1-23-18-11(8-12(20)9-15(18)19)6-7-13-10-17(22)14-4-2-3-5-16(14)21-13/h2-10H,1H3,(H,21,22)/b7-6+. The predicted molar refractivity (Wildman–Crippen MR) is 99.2 cm³/mol. The first kappa shape index (κ1) is 15.8. The molecule has 0 saturated heterocycles. The molecule has 0 aliphatic carbocycles. The van der Waals surface area contributed by atoms with E-state index in [0.717, 1.165) is 15.6 Å². The molecule has 1 aromatic heterocycles. The van der Waals surface area contributed by atoms with Gasteiger partial charge in [0, 0.05) is 33.2 Å². The number of rotatable bonds is 3. The minimum atomic E-state index is -0.0155. The molecule has 3 nitrogen and oxygen atoms in total. The van der Waals surface area contributed by atoms with Gasteiger partial charge in [0.25, 0.3) is 0 Å². The Bertz CT molecular complexity index is 963. The highest BCUT2D eigenvalue weighted by atomic mass is 79.9. The van der Waals surface area contributed by atoms with Gasteiger partial charge in [0.2, 0.25) is 0 Å². The molecule has 0 amide bonds. The number of aromatic amines is 1. The fourth-order valence-corrected chi connectivity index (χ4v) is 3.40. The van der Waals surface area contributed by atoms with Crippen LogP contribution in [0.2, 0.25) is 5.02 Å². The lowest BCUT2D eigenvalue weighted by molar-refractivity contribution is 0.411. The Balaban J connectivity index is 2.06. The van der Waals surface area contributed by atoms with Gasteiger partial charge < -0.3 is 9.72 Å². The molecule has 3 aromatic rings. The minimum absolute atomic E-state index is 0.0155. The number of fused-ring (bicyclic) bond motifs is 1. The first-order valence-electron chi connectivity index (χ1n) is 6.91. The third-order valence-electron chi connectivity index (χ3n) is 3.44. The molecule has 5 heteroatoms. The zero-order valence-corrected chi connectivity index (χ0v) is 14.6. The summed E-state index contributed by atoms with van der Waals surface area (Å²) in [6.07, 6.45) is 3.68. The molecule has 0 spiro atoms. The summed E-state index contributed by atoms with van der Waals surface area (Å²) >= 11 is 9.51. The van der Waals surface area contributed by atoms with Gasteiger partial charge in [-0.1, -0.05) is 23.7 Å².